The molecule has 2 aromatic rings. The van der Waals surface area contributed by atoms with Gasteiger partial charge in [0, 0.05) is 12.5 Å². The van der Waals surface area contributed by atoms with Crippen LogP contribution in [0.5, 0.6) is 11.5 Å². The second-order valence-electron chi connectivity index (χ2n) is 8.54. The summed E-state index contributed by atoms with van der Waals surface area (Å²) >= 11 is 0. The fourth-order valence-electron chi connectivity index (χ4n) is 3.94. The van der Waals surface area contributed by atoms with E-state index in [9.17, 15) is 9.59 Å². The Morgan fingerprint density at radius 2 is 1.84 bits per heavy atom. The van der Waals surface area contributed by atoms with Gasteiger partial charge in [-0.3, -0.25) is 9.59 Å². The molecule has 6 nitrogen and oxygen atoms in total. The average molecular weight is 425 g/mol. The number of aryl methyl sites for hydroxylation is 2. The third kappa shape index (κ3) is 4.84. The molecule has 31 heavy (non-hydrogen) atoms. The molecule has 6 heteroatoms. The summed E-state index contributed by atoms with van der Waals surface area (Å²) in [7, 11) is 1.62. The van der Waals surface area contributed by atoms with E-state index < -0.39 is 6.04 Å². The van der Waals surface area contributed by atoms with E-state index >= 15 is 0 Å². The third-order valence-corrected chi connectivity index (χ3v) is 5.58. The first-order valence-electron chi connectivity index (χ1n) is 10.7. The van der Waals surface area contributed by atoms with Crippen molar-refractivity contribution in [3.63, 3.8) is 0 Å². The van der Waals surface area contributed by atoms with Crippen LogP contribution in [0.2, 0.25) is 0 Å². The molecule has 0 bridgehead atoms. The quantitative estimate of drug-likeness (QED) is 0.679. The molecule has 3 rings (SSSR count). The first-order valence-corrected chi connectivity index (χ1v) is 10.7. The Bertz CT molecular complexity index is 984. The summed E-state index contributed by atoms with van der Waals surface area (Å²) in [6.07, 6.45) is 0.965. The molecule has 0 aromatic heterocycles. The molecule has 1 heterocycles. The number of hydrogen-bond donors (Lipinski definition) is 1. The van der Waals surface area contributed by atoms with Crippen LogP contribution < -0.4 is 19.7 Å². The number of hydrogen-bond acceptors (Lipinski definition) is 4. The zero-order valence-electron chi connectivity index (χ0n) is 19.2. The van der Waals surface area contributed by atoms with E-state index in [1.807, 2.05) is 44.2 Å². The minimum Gasteiger partial charge on any atom is -0.493 e. The van der Waals surface area contributed by atoms with Crippen molar-refractivity contribution in [2.75, 3.05) is 18.6 Å². The highest BCUT2D eigenvalue weighted by atomic mass is 16.5. The van der Waals surface area contributed by atoms with Crippen molar-refractivity contribution >= 4 is 17.5 Å². The van der Waals surface area contributed by atoms with Crippen LogP contribution in [-0.2, 0) is 16.1 Å². The molecule has 0 fully saturated rings. The summed E-state index contributed by atoms with van der Waals surface area (Å²) < 4.78 is 11.4. The summed E-state index contributed by atoms with van der Waals surface area (Å²) in [5.41, 5.74) is 4.67. The van der Waals surface area contributed by atoms with Crippen LogP contribution in [0.25, 0.3) is 0 Å². The molecule has 1 atom stereocenters. The number of ether oxygens (including phenoxy) is 2. The second kappa shape index (κ2) is 9.41. The number of fused-ring (bicyclic) bond motifs is 1. The number of anilines is 1. The van der Waals surface area contributed by atoms with Crippen LogP contribution in [-0.4, -0.2) is 25.5 Å². The van der Waals surface area contributed by atoms with Gasteiger partial charge in [0.05, 0.1) is 25.9 Å². The second-order valence-corrected chi connectivity index (χ2v) is 8.54. The van der Waals surface area contributed by atoms with Crippen LogP contribution >= 0.6 is 0 Å². The molecule has 2 aromatic carbocycles. The zero-order valence-corrected chi connectivity index (χ0v) is 19.2. The van der Waals surface area contributed by atoms with E-state index in [1.165, 1.54) is 6.92 Å². The van der Waals surface area contributed by atoms with Crippen molar-refractivity contribution in [3.05, 3.63) is 52.6 Å². The molecule has 1 aliphatic rings. The number of nitrogens with zero attached hydrogens (tertiary/aromatic N) is 1. The van der Waals surface area contributed by atoms with Crippen molar-refractivity contribution in [2.24, 2.45) is 5.92 Å². The predicted molar refractivity (Wildman–Crippen MR) is 122 cm³/mol. The number of nitrogens with one attached hydrogen (secondary N) is 1. The van der Waals surface area contributed by atoms with E-state index in [0.717, 1.165) is 34.4 Å². The van der Waals surface area contributed by atoms with Crippen molar-refractivity contribution in [3.8, 4) is 11.5 Å². The maximum Gasteiger partial charge on any atom is 0.254 e. The standard InChI is InChI=1S/C25H32N2O4/c1-15(2)11-12-31-20-10-9-19(13-21(20)30-6)14-27-24-17(4)8-7-16(3)22(24)23(25(27)29)26-18(5)28/h7-10,13,15,23H,11-12,14H2,1-6H3,(H,26,28). The SMILES string of the molecule is COc1cc(CN2C(=O)C(NC(C)=O)c3c(C)ccc(C)c32)ccc1OCCC(C)C. The van der Waals surface area contributed by atoms with Crippen LogP contribution in [0.4, 0.5) is 5.69 Å². The Balaban J connectivity index is 1.89. The van der Waals surface area contributed by atoms with E-state index in [1.54, 1.807) is 12.0 Å². The Hall–Kier alpha value is -3.02. The van der Waals surface area contributed by atoms with Crippen LogP contribution in [0.3, 0.4) is 0 Å². The third-order valence-electron chi connectivity index (χ3n) is 5.58. The zero-order chi connectivity index (χ0) is 22.7. The normalized spacial score (nSPS) is 15.3. The number of carbonyl (C=O) groups excluding carboxylic acids is 2. The van der Waals surface area contributed by atoms with Gasteiger partial charge in [0.1, 0.15) is 6.04 Å². The molecule has 0 radical (unpaired) electrons. The Morgan fingerprint density at radius 1 is 1.13 bits per heavy atom. The van der Waals surface area contributed by atoms with Crippen molar-refractivity contribution < 1.29 is 19.1 Å². The Labute approximate surface area is 184 Å². The molecule has 1 aliphatic heterocycles. The first kappa shape index (κ1) is 22.7. The lowest BCUT2D eigenvalue weighted by molar-refractivity contribution is -0.126. The molecular weight excluding hydrogens is 392 g/mol. The van der Waals surface area contributed by atoms with Gasteiger partial charge in [-0.1, -0.05) is 32.0 Å². The predicted octanol–water partition coefficient (Wildman–Crippen LogP) is 4.46. The molecule has 2 amide bonds. The molecule has 0 saturated heterocycles. The highest BCUT2D eigenvalue weighted by molar-refractivity contribution is 6.07. The minimum atomic E-state index is -0.659. The van der Waals surface area contributed by atoms with Gasteiger partial charge >= 0.3 is 0 Å². The van der Waals surface area contributed by atoms with E-state index in [2.05, 4.69) is 19.2 Å². The van der Waals surface area contributed by atoms with Crippen molar-refractivity contribution in [2.45, 2.75) is 53.6 Å². The summed E-state index contributed by atoms with van der Waals surface area (Å²) in [6.45, 7) is 10.7. The highest BCUT2D eigenvalue weighted by Gasteiger charge is 2.40. The van der Waals surface area contributed by atoms with Gasteiger partial charge in [0.15, 0.2) is 11.5 Å². The smallest absolute Gasteiger partial charge is 0.254 e. The number of rotatable bonds is 8. The van der Waals surface area contributed by atoms with Gasteiger partial charge in [0.2, 0.25) is 5.91 Å². The van der Waals surface area contributed by atoms with Gasteiger partial charge in [-0.2, -0.15) is 0 Å². The lowest BCUT2D eigenvalue weighted by Crippen LogP contribution is -2.36. The number of carbonyl (C=O) groups is 2. The number of amides is 2. The summed E-state index contributed by atoms with van der Waals surface area (Å²) in [5.74, 6) is 1.56. The molecule has 0 saturated carbocycles. The lowest BCUT2D eigenvalue weighted by atomic mass is 9.99. The lowest BCUT2D eigenvalue weighted by Gasteiger charge is -2.21. The molecular formula is C25H32N2O4. The summed E-state index contributed by atoms with van der Waals surface area (Å²) in [5, 5.41) is 2.82. The van der Waals surface area contributed by atoms with Crippen LogP contribution in [0.15, 0.2) is 30.3 Å². The molecule has 1 unspecified atom stereocenters. The van der Waals surface area contributed by atoms with Gasteiger partial charge in [0.25, 0.3) is 5.91 Å². The number of benzene rings is 2. The average Bonchev–Trinajstić information content (AvgIpc) is 2.98. The van der Waals surface area contributed by atoms with Crippen molar-refractivity contribution in [1.29, 1.82) is 0 Å². The largest absolute Gasteiger partial charge is 0.493 e. The molecule has 0 aliphatic carbocycles. The van der Waals surface area contributed by atoms with E-state index in [-0.39, 0.29) is 11.8 Å². The van der Waals surface area contributed by atoms with E-state index in [0.29, 0.717) is 30.6 Å². The van der Waals surface area contributed by atoms with Gasteiger partial charge in [-0.15, -0.1) is 0 Å². The van der Waals surface area contributed by atoms with E-state index in [4.69, 9.17) is 9.47 Å². The fourth-order valence-corrected chi connectivity index (χ4v) is 3.94. The Morgan fingerprint density at radius 3 is 2.48 bits per heavy atom. The monoisotopic (exact) mass is 424 g/mol. The maximum atomic E-state index is 13.3. The minimum absolute atomic E-state index is 0.126. The molecule has 0 spiro atoms. The van der Waals surface area contributed by atoms with Gasteiger partial charge < -0.3 is 19.7 Å². The highest BCUT2D eigenvalue weighted by Crippen LogP contribution is 2.42. The molecule has 166 valence electrons. The summed E-state index contributed by atoms with van der Waals surface area (Å²) in [4.78, 5) is 26.8. The maximum absolute atomic E-state index is 13.3. The fraction of sp³-hybridized carbons (Fsp3) is 0.440. The van der Waals surface area contributed by atoms with Crippen LogP contribution in [0, 0.1) is 19.8 Å². The van der Waals surface area contributed by atoms with Gasteiger partial charge in [-0.25, -0.2) is 0 Å². The Kier molecular flexibility index (Phi) is 6.88. The summed E-state index contributed by atoms with van der Waals surface area (Å²) in [6, 6.07) is 9.10. The van der Waals surface area contributed by atoms with Crippen molar-refractivity contribution in [1.82, 2.24) is 5.32 Å². The molecule has 1 N–H and O–H groups in total. The number of methoxy groups -OCH3 is 1. The topological polar surface area (TPSA) is 67.9 Å². The van der Waals surface area contributed by atoms with Gasteiger partial charge in [-0.05, 0) is 55.0 Å². The van der Waals surface area contributed by atoms with Crippen LogP contribution in [0.1, 0.15) is 55.5 Å². The first-order chi connectivity index (χ1) is 14.7.